The Morgan fingerprint density at radius 3 is 2.42 bits per heavy atom. The van der Waals surface area contributed by atoms with Gasteiger partial charge in [0.15, 0.2) is 0 Å². The van der Waals surface area contributed by atoms with Crippen molar-refractivity contribution in [2.75, 3.05) is 0 Å². The predicted molar refractivity (Wildman–Crippen MR) is 133 cm³/mol. The van der Waals surface area contributed by atoms with Crippen LogP contribution >= 0.6 is 0 Å². The molecule has 4 fully saturated rings. The number of rotatable bonds is 3. The molecule has 0 aromatic carbocycles. The van der Waals surface area contributed by atoms with Gasteiger partial charge in [0.2, 0.25) is 0 Å². The summed E-state index contributed by atoms with van der Waals surface area (Å²) >= 11 is 0. The number of carbonyl (C=O) groups is 1. The van der Waals surface area contributed by atoms with Gasteiger partial charge in [0.1, 0.15) is 5.60 Å². The summed E-state index contributed by atoms with van der Waals surface area (Å²) in [5.41, 5.74) is 1.000. The maximum atomic E-state index is 13.8. The first-order chi connectivity index (χ1) is 15.2. The molecule has 5 aliphatic carbocycles. The van der Waals surface area contributed by atoms with Crippen LogP contribution in [0.3, 0.4) is 0 Å². The lowest BCUT2D eigenvalue weighted by atomic mass is 9.50. The van der Waals surface area contributed by atoms with Crippen LogP contribution in [0.25, 0.3) is 0 Å². The van der Waals surface area contributed by atoms with E-state index in [9.17, 15) is 9.90 Å². The molecule has 0 amide bonds. The maximum absolute atomic E-state index is 13.8. The molecule has 5 aliphatic rings. The second-order valence-corrected chi connectivity index (χ2v) is 14.8. The Hall–Kier alpha value is -0.830. The standard InChI is InChI=1S/C30H48O3/c1-25(2)12-8-14-28(6)17-11-21(22-19-30(22,25)28)24(31)33-29(7)15-9-13-27(5)16-10-20(18-23(27)29)26(3,4)32/h11,20,22-23,32H,8-10,12-19H2,1-7H3/t20-,22+,23-,27-,28-,29-,30+/m1/s1. The van der Waals surface area contributed by atoms with Gasteiger partial charge in [-0.2, -0.15) is 0 Å². The van der Waals surface area contributed by atoms with E-state index in [4.69, 9.17) is 4.74 Å². The molecule has 0 aromatic heterocycles. The fourth-order valence-electron chi connectivity index (χ4n) is 9.93. The molecule has 1 N–H and O–H groups in total. The number of allylic oxidation sites excluding steroid dienone is 1. The molecule has 33 heavy (non-hydrogen) atoms. The van der Waals surface area contributed by atoms with Crippen LogP contribution in [0.5, 0.6) is 0 Å². The molecule has 0 aromatic rings. The number of hydrogen-bond donors (Lipinski definition) is 1. The fraction of sp³-hybridized carbons (Fsp3) is 0.900. The van der Waals surface area contributed by atoms with Crippen LogP contribution in [0.15, 0.2) is 11.6 Å². The quantitative estimate of drug-likeness (QED) is 0.456. The largest absolute Gasteiger partial charge is 0.456 e. The molecule has 3 heteroatoms. The van der Waals surface area contributed by atoms with E-state index >= 15 is 0 Å². The van der Waals surface area contributed by atoms with Crippen molar-refractivity contribution in [1.29, 1.82) is 0 Å². The minimum Gasteiger partial charge on any atom is -0.456 e. The normalized spacial score (nSPS) is 48.6. The molecule has 0 radical (unpaired) electrons. The number of esters is 1. The predicted octanol–water partition coefficient (Wildman–Crippen LogP) is 7.22. The molecule has 186 valence electrons. The van der Waals surface area contributed by atoms with Gasteiger partial charge in [0.05, 0.1) is 5.60 Å². The highest BCUT2D eigenvalue weighted by molar-refractivity contribution is 5.91. The molecule has 0 heterocycles. The maximum Gasteiger partial charge on any atom is 0.334 e. The monoisotopic (exact) mass is 456 g/mol. The lowest BCUT2D eigenvalue weighted by Crippen LogP contribution is -2.55. The van der Waals surface area contributed by atoms with Gasteiger partial charge < -0.3 is 9.84 Å². The Balaban J connectivity index is 1.39. The zero-order chi connectivity index (χ0) is 24.1. The Bertz CT molecular complexity index is 864. The van der Waals surface area contributed by atoms with E-state index in [0.29, 0.717) is 22.7 Å². The van der Waals surface area contributed by atoms with E-state index in [2.05, 4.69) is 40.7 Å². The molecule has 0 saturated heterocycles. The van der Waals surface area contributed by atoms with Crippen LogP contribution in [0.2, 0.25) is 0 Å². The highest BCUT2D eigenvalue weighted by atomic mass is 16.6. The average molecular weight is 457 g/mol. The molecule has 4 saturated carbocycles. The molecule has 0 unspecified atom stereocenters. The molecule has 3 nitrogen and oxygen atoms in total. The lowest BCUT2D eigenvalue weighted by Gasteiger charge is -2.57. The van der Waals surface area contributed by atoms with E-state index in [1.165, 1.54) is 25.7 Å². The third-order valence-electron chi connectivity index (χ3n) is 12.1. The molecule has 1 spiro atoms. The van der Waals surface area contributed by atoms with Crippen molar-refractivity contribution >= 4 is 5.97 Å². The molecule has 5 rings (SSSR count). The minimum atomic E-state index is -0.674. The van der Waals surface area contributed by atoms with Crippen LogP contribution in [0.4, 0.5) is 0 Å². The van der Waals surface area contributed by atoms with Gasteiger partial charge in [-0.05, 0) is 118 Å². The lowest BCUT2D eigenvalue weighted by molar-refractivity contribution is -0.186. The molecular formula is C30H48O3. The van der Waals surface area contributed by atoms with Crippen LogP contribution in [-0.4, -0.2) is 22.3 Å². The van der Waals surface area contributed by atoms with E-state index in [-0.39, 0.29) is 22.7 Å². The summed E-state index contributed by atoms with van der Waals surface area (Å²) in [6, 6.07) is 0. The summed E-state index contributed by atoms with van der Waals surface area (Å²) in [6.45, 7) is 15.9. The van der Waals surface area contributed by atoms with Crippen LogP contribution < -0.4 is 0 Å². The molecular weight excluding hydrogens is 408 g/mol. The molecule has 0 aliphatic heterocycles. The van der Waals surface area contributed by atoms with Crippen molar-refractivity contribution in [2.45, 2.75) is 130 Å². The summed E-state index contributed by atoms with van der Waals surface area (Å²) in [6.07, 6.45) is 14.8. The Kier molecular flexibility index (Phi) is 5.15. The summed E-state index contributed by atoms with van der Waals surface area (Å²) in [7, 11) is 0. The topological polar surface area (TPSA) is 46.5 Å². The first-order valence-electron chi connectivity index (χ1n) is 13.8. The van der Waals surface area contributed by atoms with E-state index < -0.39 is 11.2 Å². The zero-order valence-electron chi connectivity index (χ0n) is 22.4. The van der Waals surface area contributed by atoms with E-state index in [1.807, 2.05) is 13.8 Å². The van der Waals surface area contributed by atoms with Crippen LogP contribution in [0, 0.1) is 39.4 Å². The Labute approximate surface area is 202 Å². The van der Waals surface area contributed by atoms with Gasteiger partial charge in [-0.25, -0.2) is 4.79 Å². The Morgan fingerprint density at radius 1 is 1.03 bits per heavy atom. The zero-order valence-corrected chi connectivity index (χ0v) is 22.4. The van der Waals surface area contributed by atoms with Crippen molar-refractivity contribution in [3.63, 3.8) is 0 Å². The van der Waals surface area contributed by atoms with Crippen molar-refractivity contribution in [3.05, 3.63) is 11.6 Å². The fourth-order valence-corrected chi connectivity index (χ4v) is 9.93. The van der Waals surface area contributed by atoms with Gasteiger partial charge >= 0.3 is 5.97 Å². The van der Waals surface area contributed by atoms with Crippen molar-refractivity contribution in [2.24, 2.45) is 39.4 Å². The second-order valence-electron chi connectivity index (χ2n) is 14.8. The van der Waals surface area contributed by atoms with E-state index in [0.717, 1.165) is 50.5 Å². The van der Waals surface area contributed by atoms with Gasteiger partial charge in [0.25, 0.3) is 0 Å². The smallest absolute Gasteiger partial charge is 0.334 e. The third kappa shape index (κ3) is 3.34. The average Bonchev–Trinajstić information content (AvgIpc) is 3.44. The van der Waals surface area contributed by atoms with Crippen LogP contribution in [0.1, 0.15) is 119 Å². The van der Waals surface area contributed by atoms with Gasteiger partial charge in [0, 0.05) is 11.5 Å². The third-order valence-corrected chi connectivity index (χ3v) is 12.1. The second kappa shape index (κ2) is 7.11. The number of fused-ring (bicyclic) bond motifs is 1. The summed E-state index contributed by atoms with van der Waals surface area (Å²) in [5, 5.41) is 10.8. The van der Waals surface area contributed by atoms with Crippen molar-refractivity contribution < 1.29 is 14.6 Å². The van der Waals surface area contributed by atoms with Gasteiger partial charge in [-0.1, -0.05) is 40.2 Å². The number of aliphatic hydroxyl groups is 1. The first kappa shape index (κ1) is 23.9. The first-order valence-corrected chi connectivity index (χ1v) is 13.8. The number of hydrogen-bond acceptors (Lipinski definition) is 3. The molecule has 7 atom stereocenters. The van der Waals surface area contributed by atoms with Gasteiger partial charge in [-0.3, -0.25) is 0 Å². The highest BCUT2D eigenvalue weighted by Crippen LogP contribution is 2.80. The number of carbonyl (C=O) groups excluding carboxylic acids is 1. The van der Waals surface area contributed by atoms with Crippen molar-refractivity contribution in [1.82, 2.24) is 0 Å². The SMILES string of the molecule is CC(C)(O)[C@@H]1CC[C@@]2(C)CCC[C@@](C)(OC(=O)C3=CC[C@@]4(C)CCCC(C)(C)[C@@]45C[C@@H]35)[C@@H]2C1. The molecule has 0 bridgehead atoms. The van der Waals surface area contributed by atoms with Crippen LogP contribution in [-0.2, 0) is 9.53 Å². The highest BCUT2D eigenvalue weighted by Gasteiger charge is 2.74. The summed E-state index contributed by atoms with van der Waals surface area (Å²) < 4.78 is 6.60. The number of ether oxygens (including phenoxy) is 1. The Morgan fingerprint density at radius 2 is 1.73 bits per heavy atom. The van der Waals surface area contributed by atoms with Crippen molar-refractivity contribution in [3.8, 4) is 0 Å². The summed E-state index contributed by atoms with van der Waals surface area (Å²) in [5.74, 6) is 0.947. The summed E-state index contributed by atoms with van der Waals surface area (Å²) in [4.78, 5) is 13.8. The van der Waals surface area contributed by atoms with Gasteiger partial charge in [-0.15, -0.1) is 0 Å². The van der Waals surface area contributed by atoms with E-state index in [1.54, 1.807) is 0 Å². The minimum absolute atomic E-state index is 0.0302.